The molecule has 0 aliphatic rings. The van der Waals surface area contributed by atoms with E-state index in [9.17, 15) is 9.13 Å². The second-order valence-corrected chi connectivity index (χ2v) is 5.55. The van der Waals surface area contributed by atoms with Gasteiger partial charge in [-0.25, -0.2) is 0 Å². The Morgan fingerprint density at radius 2 is 1.45 bits per heavy atom. The van der Waals surface area contributed by atoms with E-state index in [2.05, 4.69) is 0 Å². The average Bonchev–Trinajstić information content (AvgIpc) is 1.77. The molecular weight excluding hydrogens is 199 g/mol. The third-order valence-electron chi connectivity index (χ3n) is 0.812. The van der Waals surface area contributed by atoms with Crippen molar-refractivity contribution >= 4 is 15.2 Å². The first-order chi connectivity index (χ1) is 5.75. The van der Waals surface area contributed by atoms with E-state index in [0.29, 0.717) is 0 Å². The third kappa shape index (κ3) is 2.10. The van der Waals surface area contributed by atoms with Crippen molar-refractivity contribution in [3.63, 3.8) is 0 Å². The molecule has 11 heavy (non-hydrogen) atoms. The van der Waals surface area contributed by atoms with Crippen molar-refractivity contribution in [3.05, 3.63) is 0 Å². The van der Waals surface area contributed by atoms with Crippen molar-refractivity contribution in [1.29, 1.82) is 0 Å². The zero-order valence-electron chi connectivity index (χ0n) is 7.95. The molecule has 5 N–H and O–H groups in total. The van der Waals surface area contributed by atoms with Gasteiger partial charge in [-0.1, -0.05) is 0 Å². The highest BCUT2D eigenvalue weighted by Crippen LogP contribution is 2.66. The van der Waals surface area contributed by atoms with Crippen LogP contribution in [0.3, 0.4) is 0 Å². The summed E-state index contributed by atoms with van der Waals surface area (Å²) in [6.45, 7) is -3.90. The summed E-state index contributed by atoms with van der Waals surface area (Å²) in [6.07, 6.45) is 0. The highest BCUT2D eigenvalue weighted by atomic mass is 31.2. The van der Waals surface area contributed by atoms with E-state index in [-0.39, 0.29) is 0 Å². The van der Waals surface area contributed by atoms with Gasteiger partial charge in [0.25, 0.3) is 5.08 Å². The van der Waals surface area contributed by atoms with E-state index in [4.69, 9.17) is 28.8 Å². The van der Waals surface area contributed by atoms with Crippen molar-refractivity contribution in [1.82, 2.24) is 0 Å². The molecule has 0 fully saturated rings. The molecule has 0 saturated carbocycles. The summed E-state index contributed by atoms with van der Waals surface area (Å²) in [4.78, 5) is 33.7. The van der Waals surface area contributed by atoms with Crippen LogP contribution in [-0.2, 0) is 9.13 Å². The summed E-state index contributed by atoms with van der Waals surface area (Å²) >= 11 is 0. The molecule has 0 aromatic heterocycles. The van der Waals surface area contributed by atoms with Crippen molar-refractivity contribution < 1.29 is 37.9 Å². The minimum Gasteiger partial charge on any atom is -0.368 e. The Morgan fingerprint density at radius 3 is 1.45 bits per heavy atom. The van der Waals surface area contributed by atoms with Crippen LogP contribution in [0.1, 0.15) is 11.0 Å². The largest absolute Gasteiger partial charge is 0.369 e. The normalized spacial score (nSPS) is 20.3. The number of hydrogen-bond donors (Lipinski definition) is 5. The molecule has 0 bridgehead atoms. The predicted octanol–water partition coefficient (Wildman–Crippen LogP) is -0.992. The first-order valence-corrected chi connectivity index (χ1v) is 5.31. The van der Waals surface area contributed by atoms with Crippen molar-refractivity contribution in [3.8, 4) is 0 Å². The summed E-state index contributed by atoms with van der Waals surface area (Å²) in [5.74, 6) is 0. The van der Waals surface area contributed by atoms with Crippen molar-refractivity contribution in [2.45, 2.75) is 11.9 Å². The highest BCUT2D eigenvalue weighted by Gasteiger charge is 2.55. The van der Waals surface area contributed by atoms with Crippen LogP contribution in [0.2, 0.25) is 0 Å². The van der Waals surface area contributed by atoms with Gasteiger partial charge in [0.05, 0.1) is 0 Å². The summed E-state index contributed by atoms with van der Waals surface area (Å²) in [5, 5.41) is 4.58. The van der Waals surface area contributed by atoms with Gasteiger partial charge in [-0.2, -0.15) is 0 Å². The van der Waals surface area contributed by atoms with Gasteiger partial charge in [-0.3, -0.25) is 9.13 Å². The molecule has 0 heterocycles. The first kappa shape index (κ1) is 6.74. The smallest absolute Gasteiger partial charge is 0.368 e. The predicted molar refractivity (Wildman–Crippen MR) is 34.7 cm³/mol. The van der Waals surface area contributed by atoms with Crippen molar-refractivity contribution in [2.75, 3.05) is 0 Å². The molecule has 9 heteroatoms. The zero-order valence-corrected chi connectivity index (χ0v) is 6.74. The lowest BCUT2D eigenvalue weighted by molar-refractivity contribution is 0.146. The lowest BCUT2D eigenvalue weighted by atomic mass is 11.2. The Labute approximate surface area is 66.2 Å². The van der Waals surface area contributed by atoms with Gasteiger partial charge in [0.1, 0.15) is 0 Å². The SMILES string of the molecule is [2H][13C]([2H])([2H])C(O)(P(=O)(O)O)P(=O)(O)O. The van der Waals surface area contributed by atoms with Gasteiger partial charge >= 0.3 is 15.2 Å². The van der Waals surface area contributed by atoms with Crippen LogP contribution >= 0.6 is 15.2 Å². The molecule has 68 valence electrons. The first-order valence-electron chi connectivity index (χ1n) is 3.59. The molecule has 0 radical (unpaired) electrons. The van der Waals surface area contributed by atoms with E-state index in [1.165, 1.54) is 0 Å². The molecule has 0 unspecified atom stereocenters. The second-order valence-electron chi connectivity index (χ2n) is 1.72. The lowest BCUT2D eigenvalue weighted by Gasteiger charge is -2.24. The molecule has 0 amide bonds. The second kappa shape index (κ2) is 2.64. The molecule has 0 spiro atoms. The van der Waals surface area contributed by atoms with E-state index in [1.54, 1.807) is 0 Å². The quantitative estimate of drug-likeness (QED) is 0.291. The summed E-state index contributed by atoms with van der Waals surface area (Å²) in [5.41, 5.74) is 0. The molecule has 0 aliphatic heterocycles. The Kier molecular flexibility index (Phi) is 1.62. The monoisotopic (exact) mass is 210 g/mol. The topological polar surface area (TPSA) is 135 Å². The fourth-order valence-electron chi connectivity index (χ4n) is 0.170. The van der Waals surface area contributed by atoms with Crippen LogP contribution in [0, 0.1) is 0 Å². The van der Waals surface area contributed by atoms with Gasteiger partial charge in [0, 0.05) is 4.11 Å². The number of rotatable bonds is 2. The highest BCUT2D eigenvalue weighted by molar-refractivity contribution is 7.71. The average molecular weight is 210 g/mol. The Balaban J connectivity index is 5.81. The molecule has 0 atom stereocenters. The Hall–Kier alpha value is 0.260. The summed E-state index contributed by atoms with van der Waals surface area (Å²) < 4.78 is 40.6. The van der Waals surface area contributed by atoms with Crippen LogP contribution in [-0.4, -0.2) is 29.8 Å². The van der Waals surface area contributed by atoms with E-state index >= 15 is 0 Å². The van der Waals surface area contributed by atoms with Crippen LogP contribution < -0.4 is 0 Å². The van der Waals surface area contributed by atoms with Crippen LogP contribution in [0.25, 0.3) is 0 Å². The van der Waals surface area contributed by atoms with Gasteiger partial charge in [0.2, 0.25) is 0 Å². The minimum atomic E-state index is -5.90. The molecule has 7 nitrogen and oxygen atoms in total. The van der Waals surface area contributed by atoms with Crippen LogP contribution in [0.5, 0.6) is 0 Å². The number of aliphatic hydroxyl groups is 1. The summed E-state index contributed by atoms with van der Waals surface area (Å²) in [6, 6.07) is 0. The van der Waals surface area contributed by atoms with E-state index in [0.717, 1.165) is 0 Å². The van der Waals surface area contributed by atoms with Gasteiger partial charge in [-0.05, 0) is 6.85 Å². The Bertz CT molecular complexity index is 287. The molecule has 0 aromatic rings. The van der Waals surface area contributed by atoms with E-state index < -0.39 is 27.1 Å². The third-order valence-corrected chi connectivity index (χ3v) is 4.00. The number of hydrogen-bond acceptors (Lipinski definition) is 3. The lowest BCUT2D eigenvalue weighted by Crippen LogP contribution is -2.23. The molecule has 0 aromatic carbocycles. The van der Waals surface area contributed by atoms with Gasteiger partial charge in [-0.15, -0.1) is 0 Å². The summed E-state index contributed by atoms with van der Waals surface area (Å²) in [7, 11) is -11.8. The van der Waals surface area contributed by atoms with Crippen LogP contribution in [0.4, 0.5) is 0 Å². The maximum Gasteiger partial charge on any atom is 0.369 e. The zero-order chi connectivity index (χ0) is 12.0. The minimum absolute atomic E-state index is 3.90. The fourth-order valence-corrected chi connectivity index (χ4v) is 1.53. The molecule has 0 rings (SSSR count). The maximum atomic E-state index is 10.5. The Morgan fingerprint density at radius 1 is 1.18 bits per heavy atom. The molecular formula is C2H8O7P2. The van der Waals surface area contributed by atoms with E-state index in [1.807, 2.05) is 0 Å². The molecule has 0 aliphatic carbocycles. The standard InChI is InChI=1S/C2H8O7P2/c1-2(3,10(4,5)6)11(7,8)9/h3H,1H3,(H2,4,5,6)(H2,7,8,9)/i1+1D3. The van der Waals surface area contributed by atoms with Crippen molar-refractivity contribution in [2.24, 2.45) is 0 Å². The van der Waals surface area contributed by atoms with Gasteiger partial charge in [0.15, 0.2) is 0 Å². The van der Waals surface area contributed by atoms with Gasteiger partial charge < -0.3 is 24.7 Å². The fraction of sp³-hybridized carbons (Fsp3) is 1.00. The maximum absolute atomic E-state index is 10.5. The van der Waals surface area contributed by atoms with Crippen LogP contribution in [0.15, 0.2) is 0 Å². The molecule has 0 saturated heterocycles.